The molecule has 1 aromatic heterocycles. The van der Waals surface area contributed by atoms with Crippen molar-refractivity contribution in [2.75, 3.05) is 25.0 Å². The van der Waals surface area contributed by atoms with E-state index >= 15 is 0 Å². The Hall–Kier alpha value is -3.82. The molecule has 0 atom stereocenters. The lowest BCUT2D eigenvalue weighted by Crippen LogP contribution is -2.46. The second-order valence-electron chi connectivity index (χ2n) is 10.6. The predicted molar refractivity (Wildman–Crippen MR) is 141 cm³/mol. The minimum atomic E-state index is -0.706. The number of nitrogens with zero attached hydrogens (tertiary/aromatic N) is 4. The number of rotatable bonds is 8. The molecule has 10 heteroatoms. The van der Waals surface area contributed by atoms with Crippen LogP contribution in [-0.2, 0) is 35.3 Å². The van der Waals surface area contributed by atoms with Crippen molar-refractivity contribution >= 4 is 29.9 Å². The standard InChI is InChI=1S/C27H35N7O3/c1-27(2,3)37-26(36)34(10-8-21(29)14-28)17-24(35)33-11-9-23-20(16-33)15-30-25(32-23)31-22-12-18-6-4-5-7-19(18)13-22/h4-7,14-15,22,28-29H,8-13,16-17H2,1-3H3,(H,30,31,32). The number of carbonyl (C=O) groups is 2. The molecule has 1 aliphatic heterocycles. The summed E-state index contributed by atoms with van der Waals surface area (Å²) in [5, 5.41) is 18.4. The summed E-state index contributed by atoms with van der Waals surface area (Å²) in [6.45, 7) is 6.14. The average Bonchev–Trinajstić information content (AvgIpc) is 3.27. The summed E-state index contributed by atoms with van der Waals surface area (Å²) in [7, 11) is 0. The van der Waals surface area contributed by atoms with E-state index in [1.54, 1.807) is 31.9 Å². The zero-order chi connectivity index (χ0) is 26.6. The fourth-order valence-electron chi connectivity index (χ4n) is 4.59. The summed E-state index contributed by atoms with van der Waals surface area (Å²) in [5.74, 6) is 0.407. The number of benzene rings is 1. The SMILES string of the molecule is CC(C)(C)OC(=O)N(CCC(=N)C=N)CC(=O)N1CCc2nc(NC3Cc4ccccc4C3)ncc2C1. The van der Waals surface area contributed by atoms with E-state index in [0.29, 0.717) is 25.5 Å². The van der Waals surface area contributed by atoms with E-state index in [1.165, 1.54) is 16.0 Å². The third-order valence-corrected chi connectivity index (χ3v) is 6.47. The molecule has 196 valence electrons. The van der Waals surface area contributed by atoms with E-state index in [4.69, 9.17) is 20.5 Å². The summed E-state index contributed by atoms with van der Waals surface area (Å²) in [4.78, 5) is 38.1. The highest BCUT2D eigenvalue weighted by atomic mass is 16.6. The lowest BCUT2D eigenvalue weighted by molar-refractivity contribution is -0.133. The van der Waals surface area contributed by atoms with Crippen LogP contribution in [0.15, 0.2) is 30.5 Å². The van der Waals surface area contributed by atoms with Crippen LogP contribution in [0.3, 0.4) is 0 Å². The van der Waals surface area contributed by atoms with Crippen LogP contribution in [0.2, 0.25) is 0 Å². The van der Waals surface area contributed by atoms with Crippen molar-refractivity contribution in [3.05, 3.63) is 52.8 Å². The van der Waals surface area contributed by atoms with E-state index < -0.39 is 11.7 Å². The van der Waals surface area contributed by atoms with Gasteiger partial charge in [-0.2, -0.15) is 0 Å². The monoisotopic (exact) mass is 505 g/mol. The highest BCUT2D eigenvalue weighted by Crippen LogP contribution is 2.24. The van der Waals surface area contributed by atoms with Gasteiger partial charge >= 0.3 is 6.09 Å². The molecule has 2 heterocycles. The maximum atomic E-state index is 13.1. The van der Waals surface area contributed by atoms with Crippen molar-refractivity contribution < 1.29 is 14.3 Å². The fourth-order valence-corrected chi connectivity index (χ4v) is 4.59. The van der Waals surface area contributed by atoms with E-state index in [1.807, 2.05) is 0 Å². The van der Waals surface area contributed by atoms with Gasteiger partial charge in [-0.25, -0.2) is 14.8 Å². The van der Waals surface area contributed by atoms with Gasteiger partial charge in [0.15, 0.2) is 0 Å². The minimum Gasteiger partial charge on any atom is -0.444 e. The molecule has 0 saturated heterocycles. The third kappa shape index (κ3) is 6.90. The molecular formula is C27H35N7O3. The third-order valence-electron chi connectivity index (χ3n) is 6.47. The van der Waals surface area contributed by atoms with Crippen LogP contribution in [0.1, 0.15) is 49.6 Å². The lowest BCUT2D eigenvalue weighted by atomic mass is 10.1. The Morgan fingerprint density at radius 3 is 2.57 bits per heavy atom. The highest BCUT2D eigenvalue weighted by Gasteiger charge is 2.29. The van der Waals surface area contributed by atoms with E-state index in [2.05, 4.69) is 34.6 Å². The van der Waals surface area contributed by atoms with Crippen LogP contribution in [-0.4, -0.2) is 75.0 Å². The number of carbonyl (C=O) groups excluding carboxylic acids is 2. The van der Waals surface area contributed by atoms with Crippen molar-refractivity contribution in [2.24, 2.45) is 0 Å². The Kier molecular flexibility index (Phi) is 7.85. The van der Waals surface area contributed by atoms with Gasteiger partial charge in [-0.1, -0.05) is 24.3 Å². The van der Waals surface area contributed by atoms with Crippen LogP contribution in [0.5, 0.6) is 0 Å². The Morgan fingerprint density at radius 1 is 1.22 bits per heavy atom. The molecule has 0 fully saturated rings. The number of hydrogen-bond donors (Lipinski definition) is 3. The largest absolute Gasteiger partial charge is 0.444 e. The lowest BCUT2D eigenvalue weighted by Gasteiger charge is -2.32. The molecule has 0 saturated carbocycles. The molecule has 2 aromatic rings. The number of anilines is 1. The summed E-state index contributed by atoms with van der Waals surface area (Å²) in [6.07, 6.45) is 4.79. The van der Waals surface area contributed by atoms with Crippen molar-refractivity contribution in [1.82, 2.24) is 19.8 Å². The molecule has 10 nitrogen and oxygen atoms in total. The predicted octanol–water partition coefficient (Wildman–Crippen LogP) is 3.24. The van der Waals surface area contributed by atoms with Crippen molar-refractivity contribution in [2.45, 2.75) is 64.6 Å². The number of aromatic nitrogens is 2. The van der Waals surface area contributed by atoms with Crippen LogP contribution >= 0.6 is 0 Å². The van der Waals surface area contributed by atoms with Crippen LogP contribution in [0.25, 0.3) is 0 Å². The first-order chi connectivity index (χ1) is 17.6. The number of hydrogen-bond acceptors (Lipinski definition) is 8. The molecule has 0 spiro atoms. The van der Waals surface area contributed by atoms with Crippen molar-refractivity contribution in [3.8, 4) is 0 Å². The van der Waals surface area contributed by atoms with Crippen LogP contribution < -0.4 is 5.32 Å². The minimum absolute atomic E-state index is 0.0796. The Bertz CT molecular complexity index is 1170. The number of amides is 2. The number of nitrogens with one attached hydrogen (secondary N) is 3. The normalized spacial score (nSPS) is 14.9. The smallest absolute Gasteiger partial charge is 0.410 e. The average molecular weight is 506 g/mol. The summed E-state index contributed by atoms with van der Waals surface area (Å²) in [6, 6.07) is 8.73. The molecular weight excluding hydrogens is 470 g/mol. The van der Waals surface area contributed by atoms with Gasteiger partial charge in [0, 0.05) is 56.5 Å². The van der Waals surface area contributed by atoms with Gasteiger partial charge in [0.2, 0.25) is 11.9 Å². The second-order valence-corrected chi connectivity index (χ2v) is 10.6. The second kappa shape index (κ2) is 11.1. The molecule has 0 radical (unpaired) electrons. The van der Waals surface area contributed by atoms with Gasteiger partial charge in [0.25, 0.3) is 0 Å². The molecule has 1 aromatic carbocycles. The van der Waals surface area contributed by atoms with Gasteiger partial charge in [0.05, 0.1) is 11.4 Å². The molecule has 0 bridgehead atoms. The topological polar surface area (TPSA) is 135 Å². The summed E-state index contributed by atoms with van der Waals surface area (Å²) in [5.41, 5.74) is 3.93. The van der Waals surface area contributed by atoms with Gasteiger partial charge in [-0.05, 0) is 44.7 Å². The van der Waals surface area contributed by atoms with Gasteiger partial charge in [-0.3, -0.25) is 9.69 Å². The molecule has 37 heavy (non-hydrogen) atoms. The quantitative estimate of drug-likeness (QED) is 0.472. The molecule has 4 rings (SSSR count). The summed E-state index contributed by atoms with van der Waals surface area (Å²) < 4.78 is 5.46. The zero-order valence-electron chi connectivity index (χ0n) is 21.7. The zero-order valence-corrected chi connectivity index (χ0v) is 21.7. The fraction of sp³-hybridized carbons (Fsp3) is 0.481. The molecule has 2 amide bonds. The molecule has 0 unspecified atom stereocenters. The van der Waals surface area contributed by atoms with Gasteiger partial charge < -0.3 is 25.8 Å². The van der Waals surface area contributed by atoms with Crippen molar-refractivity contribution in [3.63, 3.8) is 0 Å². The molecule has 1 aliphatic carbocycles. The van der Waals surface area contributed by atoms with E-state index in [0.717, 1.165) is 30.3 Å². The van der Waals surface area contributed by atoms with E-state index in [-0.39, 0.29) is 37.2 Å². The maximum Gasteiger partial charge on any atom is 0.410 e. The van der Waals surface area contributed by atoms with Gasteiger partial charge in [0.1, 0.15) is 12.1 Å². The van der Waals surface area contributed by atoms with E-state index in [9.17, 15) is 9.59 Å². The molecule has 2 aliphatic rings. The van der Waals surface area contributed by atoms with Crippen LogP contribution in [0, 0.1) is 10.8 Å². The van der Waals surface area contributed by atoms with Gasteiger partial charge in [-0.15, -0.1) is 0 Å². The highest BCUT2D eigenvalue weighted by molar-refractivity contribution is 6.27. The molecule has 3 N–H and O–H groups in total. The Labute approximate surface area is 217 Å². The first-order valence-corrected chi connectivity index (χ1v) is 12.6. The Balaban J connectivity index is 1.36. The van der Waals surface area contributed by atoms with Crippen molar-refractivity contribution in [1.29, 1.82) is 10.8 Å². The first-order valence-electron chi connectivity index (χ1n) is 12.6. The maximum absolute atomic E-state index is 13.1. The summed E-state index contributed by atoms with van der Waals surface area (Å²) >= 11 is 0. The Morgan fingerprint density at radius 2 is 1.92 bits per heavy atom. The number of fused-ring (bicyclic) bond motifs is 2. The first kappa shape index (κ1) is 26.2. The van der Waals surface area contributed by atoms with Crippen LogP contribution in [0.4, 0.5) is 10.7 Å². The number of ether oxygens (including phenoxy) is 1.